The van der Waals surface area contributed by atoms with Gasteiger partial charge in [0.25, 0.3) is 10.0 Å². The first kappa shape index (κ1) is 18.3. The molecule has 0 aliphatic carbocycles. The highest BCUT2D eigenvalue weighted by atomic mass is 32.2. The summed E-state index contributed by atoms with van der Waals surface area (Å²) in [5.74, 6) is -1.14. The van der Waals surface area contributed by atoms with E-state index in [1.165, 1.54) is 12.1 Å². The third-order valence-corrected chi connectivity index (χ3v) is 6.82. The SMILES string of the molecule is C=Cc1ccccc1S(=O)(=O)NC1=C(C(=O)O)SC(c2ccccc2)C1. The molecule has 0 saturated carbocycles. The summed E-state index contributed by atoms with van der Waals surface area (Å²) in [5.41, 5.74) is 1.62. The van der Waals surface area contributed by atoms with Gasteiger partial charge in [0.05, 0.1) is 4.90 Å². The van der Waals surface area contributed by atoms with Gasteiger partial charge in [0.15, 0.2) is 0 Å². The fraction of sp³-hybridized carbons (Fsp3) is 0.105. The molecule has 2 N–H and O–H groups in total. The van der Waals surface area contributed by atoms with Gasteiger partial charge in [-0.2, -0.15) is 0 Å². The third kappa shape index (κ3) is 3.68. The van der Waals surface area contributed by atoms with Crippen LogP contribution >= 0.6 is 11.8 Å². The van der Waals surface area contributed by atoms with Crippen LogP contribution in [0.1, 0.15) is 22.8 Å². The van der Waals surface area contributed by atoms with E-state index >= 15 is 0 Å². The minimum absolute atomic E-state index is 0.0264. The molecule has 1 atom stereocenters. The van der Waals surface area contributed by atoms with Crippen molar-refractivity contribution in [1.82, 2.24) is 4.72 Å². The Hall–Kier alpha value is -2.51. The Morgan fingerprint density at radius 3 is 2.46 bits per heavy atom. The molecule has 134 valence electrons. The van der Waals surface area contributed by atoms with Crippen LogP contribution in [-0.4, -0.2) is 19.5 Å². The van der Waals surface area contributed by atoms with Crippen molar-refractivity contribution in [2.45, 2.75) is 16.6 Å². The van der Waals surface area contributed by atoms with Crippen LogP contribution in [0, 0.1) is 0 Å². The highest BCUT2D eigenvalue weighted by Gasteiger charge is 2.33. The first-order chi connectivity index (χ1) is 12.4. The topological polar surface area (TPSA) is 83.5 Å². The van der Waals surface area contributed by atoms with E-state index in [1.807, 2.05) is 30.3 Å². The predicted molar refractivity (Wildman–Crippen MR) is 103 cm³/mol. The Morgan fingerprint density at radius 2 is 1.81 bits per heavy atom. The molecule has 0 saturated heterocycles. The summed E-state index contributed by atoms with van der Waals surface area (Å²) in [6.45, 7) is 3.63. The lowest BCUT2D eigenvalue weighted by Gasteiger charge is -2.13. The maximum Gasteiger partial charge on any atom is 0.344 e. The van der Waals surface area contributed by atoms with E-state index in [4.69, 9.17) is 0 Å². The first-order valence-corrected chi connectivity index (χ1v) is 10.2. The standard InChI is InChI=1S/C19H17NO4S2/c1-2-13-8-6-7-11-17(13)26(23,24)20-15-12-16(25-18(15)19(21)22)14-9-4-3-5-10-14/h2-11,16,20H,1,12H2,(H,21,22). The number of allylic oxidation sites excluding steroid dienone is 1. The summed E-state index contributed by atoms with van der Waals surface area (Å²) in [6, 6.07) is 15.9. The Labute approximate surface area is 156 Å². The van der Waals surface area contributed by atoms with Gasteiger partial charge in [-0.3, -0.25) is 4.72 Å². The molecule has 0 aromatic heterocycles. The number of benzene rings is 2. The van der Waals surface area contributed by atoms with Gasteiger partial charge >= 0.3 is 5.97 Å². The van der Waals surface area contributed by atoms with Crippen molar-refractivity contribution in [2.24, 2.45) is 0 Å². The normalized spacial score (nSPS) is 17.2. The van der Waals surface area contributed by atoms with Gasteiger partial charge in [-0.1, -0.05) is 61.2 Å². The Balaban J connectivity index is 1.92. The van der Waals surface area contributed by atoms with E-state index < -0.39 is 16.0 Å². The number of carboxylic acids is 1. The molecule has 0 fully saturated rings. The second kappa shape index (κ2) is 7.39. The number of carbonyl (C=O) groups is 1. The minimum Gasteiger partial charge on any atom is -0.477 e. The van der Waals surface area contributed by atoms with Crippen LogP contribution in [0.5, 0.6) is 0 Å². The number of thioether (sulfide) groups is 1. The van der Waals surface area contributed by atoms with E-state index in [0.717, 1.165) is 17.3 Å². The van der Waals surface area contributed by atoms with Crippen LogP contribution in [0.2, 0.25) is 0 Å². The quantitative estimate of drug-likeness (QED) is 0.788. The van der Waals surface area contributed by atoms with Crippen molar-refractivity contribution in [3.63, 3.8) is 0 Å². The van der Waals surface area contributed by atoms with Crippen molar-refractivity contribution in [1.29, 1.82) is 0 Å². The van der Waals surface area contributed by atoms with Crippen molar-refractivity contribution in [3.05, 3.63) is 82.9 Å². The molecule has 7 heteroatoms. The van der Waals surface area contributed by atoms with E-state index in [9.17, 15) is 18.3 Å². The molecule has 0 amide bonds. The Kier molecular flexibility index (Phi) is 5.20. The number of rotatable bonds is 6. The van der Waals surface area contributed by atoms with Crippen LogP contribution in [0.3, 0.4) is 0 Å². The van der Waals surface area contributed by atoms with Crippen molar-refractivity contribution in [2.75, 3.05) is 0 Å². The Morgan fingerprint density at radius 1 is 1.15 bits per heavy atom. The molecule has 26 heavy (non-hydrogen) atoms. The van der Waals surface area contributed by atoms with Crippen molar-refractivity contribution < 1.29 is 18.3 Å². The number of nitrogens with one attached hydrogen (secondary N) is 1. The average molecular weight is 387 g/mol. The third-order valence-electron chi connectivity index (χ3n) is 3.98. The van der Waals surface area contributed by atoms with Crippen LogP contribution in [0.25, 0.3) is 6.08 Å². The highest BCUT2D eigenvalue weighted by molar-refractivity contribution is 8.04. The van der Waals surface area contributed by atoms with E-state index in [1.54, 1.807) is 18.2 Å². The van der Waals surface area contributed by atoms with Gasteiger partial charge in [0, 0.05) is 17.4 Å². The molecule has 1 heterocycles. The molecular formula is C19H17NO4S2. The number of hydrogen-bond donors (Lipinski definition) is 2. The van der Waals surface area contributed by atoms with Gasteiger partial charge in [0.1, 0.15) is 4.91 Å². The smallest absolute Gasteiger partial charge is 0.344 e. The van der Waals surface area contributed by atoms with Crippen molar-refractivity contribution in [3.8, 4) is 0 Å². The number of hydrogen-bond acceptors (Lipinski definition) is 4. The highest BCUT2D eigenvalue weighted by Crippen LogP contribution is 2.47. The molecule has 2 aromatic rings. The van der Waals surface area contributed by atoms with E-state index in [-0.39, 0.29) is 20.7 Å². The molecular weight excluding hydrogens is 370 g/mol. The van der Waals surface area contributed by atoms with Gasteiger partial charge in [-0.05, 0) is 17.2 Å². The van der Waals surface area contributed by atoms with E-state index in [2.05, 4.69) is 11.3 Å². The maximum absolute atomic E-state index is 12.8. The monoisotopic (exact) mass is 387 g/mol. The summed E-state index contributed by atoms with van der Waals surface area (Å²) in [4.78, 5) is 11.7. The summed E-state index contributed by atoms with van der Waals surface area (Å²) in [5, 5.41) is 9.34. The zero-order valence-corrected chi connectivity index (χ0v) is 15.4. The number of carboxylic acid groups (broad SMARTS) is 1. The Bertz CT molecular complexity index is 982. The molecule has 0 spiro atoms. The van der Waals surface area contributed by atoms with Gasteiger partial charge in [-0.25, -0.2) is 13.2 Å². The molecule has 5 nitrogen and oxygen atoms in total. The molecule has 1 aliphatic heterocycles. The lowest BCUT2D eigenvalue weighted by Crippen LogP contribution is -2.25. The van der Waals surface area contributed by atoms with Crippen LogP contribution in [0.4, 0.5) is 0 Å². The first-order valence-electron chi connectivity index (χ1n) is 7.84. The fourth-order valence-corrected chi connectivity index (χ4v) is 5.37. The van der Waals surface area contributed by atoms with Gasteiger partial charge in [0.2, 0.25) is 0 Å². The second-order valence-electron chi connectivity index (χ2n) is 5.68. The summed E-state index contributed by atoms with van der Waals surface area (Å²) in [6.07, 6.45) is 1.75. The molecule has 1 unspecified atom stereocenters. The maximum atomic E-state index is 12.8. The summed E-state index contributed by atoms with van der Waals surface area (Å²) >= 11 is 1.16. The molecule has 3 rings (SSSR count). The fourth-order valence-electron chi connectivity index (χ4n) is 2.77. The molecule has 1 aliphatic rings. The predicted octanol–water partition coefficient (Wildman–Crippen LogP) is 3.78. The molecule has 0 radical (unpaired) electrons. The number of aliphatic carboxylic acids is 1. The number of sulfonamides is 1. The van der Waals surface area contributed by atoms with Crippen LogP contribution in [-0.2, 0) is 14.8 Å². The van der Waals surface area contributed by atoms with Crippen LogP contribution in [0.15, 0.2) is 76.7 Å². The van der Waals surface area contributed by atoms with Crippen LogP contribution < -0.4 is 4.72 Å². The zero-order chi connectivity index (χ0) is 18.7. The second-order valence-corrected chi connectivity index (χ2v) is 8.55. The minimum atomic E-state index is -3.91. The zero-order valence-electron chi connectivity index (χ0n) is 13.8. The molecule has 0 bridgehead atoms. The van der Waals surface area contributed by atoms with Gasteiger partial charge in [-0.15, -0.1) is 11.8 Å². The average Bonchev–Trinajstić information content (AvgIpc) is 3.06. The van der Waals surface area contributed by atoms with E-state index in [0.29, 0.717) is 12.0 Å². The van der Waals surface area contributed by atoms with Crippen molar-refractivity contribution >= 4 is 33.8 Å². The largest absolute Gasteiger partial charge is 0.477 e. The molecule has 2 aromatic carbocycles. The lowest BCUT2D eigenvalue weighted by molar-refractivity contribution is -0.131. The summed E-state index contributed by atoms with van der Waals surface area (Å²) in [7, 11) is -3.91. The summed E-state index contributed by atoms with van der Waals surface area (Å²) < 4.78 is 28.0. The lowest BCUT2D eigenvalue weighted by atomic mass is 10.1. The van der Waals surface area contributed by atoms with Gasteiger partial charge < -0.3 is 5.11 Å².